The maximum Gasteiger partial charge on any atom is 0.239 e. The van der Waals surface area contributed by atoms with Crippen molar-refractivity contribution in [2.45, 2.75) is 12.7 Å². The lowest BCUT2D eigenvalue weighted by atomic mass is 10.2. The quantitative estimate of drug-likeness (QED) is 0.847. The highest BCUT2D eigenvalue weighted by molar-refractivity contribution is 9.10. The Bertz CT molecular complexity index is 702. The molecule has 1 aromatic heterocycles. The van der Waals surface area contributed by atoms with Gasteiger partial charge in [-0.05, 0) is 46.6 Å². The van der Waals surface area contributed by atoms with E-state index >= 15 is 0 Å². The van der Waals surface area contributed by atoms with Crippen LogP contribution in [0.2, 0.25) is 0 Å². The minimum absolute atomic E-state index is 0.0728. The van der Waals surface area contributed by atoms with Crippen molar-refractivity contribution in [2.24, 2.45) is 0 Å². The van der Waals surface area contributed by atoms with E-state index in [4.69, 9.17) is 0 Å². The summed E-state index contributed by atoms with van der Waals surface area (Å²) in [6.45, 7) is 1.81. The van der Waals surface area contributed by atoms with Gasteiger partial charge in [0.1, 0.15) is 0 Å². The van der Waals surface area contributed by atoms with Crippen LogP contribution in [0, 0.1) is 6.92 Å². The smallest absolute Gasteiger partial charge is 0.239 e. The molecule has 0 unspecified atom stereocenters. The van der Waals surface area contributed by atoms with E-state index < -0.39 is 10.0 Å². The first kappa shape index (κ1) is 15.0. The highest BCUT2D eigenvalue weighted by atomic mass is 79.9. The normalized spacial score (nSPS) is 11.3. The van der Waals surface area contributed by atoms with Gasteiger partial charge in [-0.15, -0.1) is 0 Å². The lowest BCUT2D eigenvalue weighted by molar-refractivity contribution is 0.593. The predicted octanol–water partition coefficient (Wildman–Crippen LogP) is 3.12. The molecule has 0 N–H and O–H groups in total. The molecule has 1 aromatic carbocycles. The topological polar surface area (TPSA) is 50.3 Å². The molecule has 0 fully saturated rings. The summed E-state index contributed by atoms with van der Waals surface area (Å²) in [4.78, 5) is 4.17. The van der Waals surface area contributed by atoms with Crippen molar-refractivity contribution < 1.29 is 8.42 Å². The van der Waals surface area contributed by atoms with Crippen molar-refractivity contribution in [3.8, 4) is 0 Å². The minimum Gasteiger partial charge on any atom is -0.273 e. The molecule has 4 nitrogen and oxygen atoms in total. The number of aryl methyl sites for hydroxylation is 1. The molecule has 6 heteroatoms. The second kappa shape index (κ2) is 5.93. The van der Waals surface area contributed by atoms with Crippen LogP contribution in [-0.4, -0.2) is 20.4 Å². The minimum atomic E-state index is -3.43. The van der Waals surface area contributed by atoms with Gasteiger partial charge in [0, 0.05) is 23.4 Å². The van der Waals surface area contributed by atoms with Crippen LogP contribution in [0.4, 0.5) is 5.69 Å². The number of sulfonamides is 1. The van der Waals surface area contributed by atoms with Gasteiger partial charge in [0.2, 0.25) is 10.0 Å². The van der Waals surface area contributed by atoms with E-state index in [0.29, 0.717) is 11.3 Å². The molecule has 0 aliphatic rings. The molecule has 106 valence electrons. The van der Waals surface area contributed by atoms with Gasteiger partial charge in [-0.25, -0.2) is 8.42 Å². The molecular formula is C14H15BrN2O2S. The molecule has 0 aliphatic heterocycles. The van der Waals surface area contributed by atoms with Crippen LogP contribution in [-0.2, 0) is 15.8 Å². The first-order valence-corrected chi connectivity index (χ1v) is 8.43. The Hall–Kier alpha value is -1.40. The molecule has 1 heterocycles. The number of halogens is 1. The summed E-state index contributed by atoms with van der Waals surface area (Å²) in [5.41, 5.74) is 2.06. The van der Waals surface area contributed by atoms with Gasteiger partial charge in [-0.3, -0.25) is 9.29 Å². The number of aromatic nitrogens is 1. The van der Waals surface area contributed by atoms with E-state index in [2.05, 4.69) is 20.9 Å². The number of hydrogen-bond donors (Lipinski definition) is 0. The summed E-state index contributed by atoms with van der Waals surface area (Å²) in [7, 11) is -1.87. The molecule has 0 aliphatic carbocycles. The van der Waals surface area contributed by atoms with E-state index in [1.165, 1.54) is 4.31 Å². The number of anilines is 1. The molecule has 20 heavy (non-hydrogen) atoms. The average Bonchev–Trinajstić information content (AvgIpc) is 2.43. The highest BCUT2D eigenvalue weighted by Gasteiger charge is 2.20. The maximum absolute atomic E-state index is 12.4. The second-order valence-corrected chi connectivity index (χ2v) is 7.37. The first-order valence-electron chi connectivity index (χ1n) is 6.03. The Balaban J connectivity index is 2.30. The van der Waals surface area contributed by atoms with Crippen molar-refractivity contribution in [2.75, 3.05) is 11.4 Å². The van der Waals surface area contributed by atoms with Crippen LogP contribution >= 0.6 is 15.9 Å². The van der Waals surface area contributed by atoms with Crippen molar-refractivity contribution in [1.82, 2.24) is 4.98 Å². The zero-order chi connectivity index (χ0) is 14.8. The average molecular weight is 355 g/mol. The van der Waals surface area contributed by atoms with Gasteiger partial charge >= 0.3 is 0 Å². The standard InChI is InChI=1S/C14H15BrN2O2S/c1-11-12(8-13(15)9-16-11)10-20(18,19)17(2)14-6-4-3-5-7-14/h3-9H,10H2,1-2H3. The Kier molecular flexibility index (Phi) is 4.45. The Morgan fingerprint density at radius 1 is 1.25 bits per heavy atom. The molecule has 0 atom stereocenters. The number of rotatable bonds is 4. The third-order valence-electron chi connectivity index (χ3n) is 3.03. The number of benzene rings is 1. The Morgan fingerprint density at radius 2 is 1.90 bits per heavy atom. The molecule has 0 spiro atoms. The summed E-state index contributed by atoms with van der Waals surface area (Å²) in [6, 6.07) is 10.8. The molecule has 0 saturated carbocycles. The Morgan fingerprint density at radius 3 is 2.55 bits per heavy atom. The van der Waals surface area contributed by atoms with Crippen molar-refractivity contribution in [3.63, 3.8) is 0 Å². The van der Waals surface area contributed by atoms with Crippen LogP contribution in [0.25, 0.3) is 0 Å². The second-order valence-electron chi connectivity index (χ2n) is 4.46. The highest BCUT2D eigenvalue weighted by Crippen LogP contribution is 2.21. The van der Waals surface area contributed by atoms with Crippen LogP contribution in [0.1, 0.15) is 11.3 Å². The van der Waals surface area contributed by atoms with Crippen LogP contribution in [0.3, 0.4) is 0 Å². The van der Waals surface area contributed by atoms with Gasteiger partial charge in [0.25, 0.3) is 0 Å². The van der Waals surface area contributed by atoms with E-state index in [1.807, 2.05) is 18.2 Å². The first-order chi connectivity index (χ1) is 9.40. The largest absolute Gasteiger partial charge is 0.273 e. The van der Waals surface area contributed by atoms with E-state index in [9.17, 15) is 8.42 Å². The number of hydrogen-bond acceptors (Lipinski definition) is 3. The summed E-state index contributed by atoms with van der Waals surface area (Å²) >= 11 is 3.31. The fourth-order valence-corrected chi connectivity index (χ4v) is 3.49. The third kappa shape index (κ3) is 3.37. The molecule has 2 aromatic rings. The number of para-hydroxylation sites is 1. The van der Waals surface area contributed by atoms with Gasteiger partial charge in [0.15, 0.2) is 0 Å². The van der Waals surface area contributed by atoms with E-state index in [-0.39, 0.29) is 5.75 Å². The lowest BCUT2D eigenvalue weighted by Crippen LogP contribution is -2.28. The zero-order valence-electron chi connectivity index (χ0n) is 11.2. The van der Waals surface area contributed by atoms with Crippen LogP contribution < -0.4 is 4.31 Å². The Labute approximate surface area is 127 Å². The van der Waals surface area contributed by atoms with E-state index in [0.717, 1.165) is 10.2 Å². The van der Waals surface area contributed by atoms with Crippen LogP contribution in [0.15, 0.2) is 47.1 Å². The summed E-state index contributed by atoms with van der Waals surface area (Å²) in [5.74, 6) is -0.0728. The summed E-state index contributed by atoms with van der Waals surface area (Å²) < 4.78 is 27.0. The van der Waals surface area contributed by atoms with Crippen LogP contribution in [0.5, 0.6) is 0 Å². The molecule has 0 amide bonds. The van der Waals surface area contributed by atoms with Gasteiger partial charge in [0.05, 0.1) is 11.4 Å². The molecule has 0 saturated heterocycles. The maximum atomic E-state index is 12.4. The lowest BCUT2D eigenvalue weighted by Gasteiger charge is -2.19. The predicted molar refractivity (Wildman–Crippen MR) is 84.1 cm³/mol. The summed E-state index contributed by atoms with van der Waals surface area (Å²) in [5, 5.41) is 0. The van der Waals surface area contributed by atoms with E-state index in [1.54, 1.807) is 38.4 Å². The third-order valence-corrected chi connectivity index (χ3v) is 5.19. The zero-order valence-corrected chi connectivity index (χ0v) is 13.6. The van der Waals surface area contributed by atoms with Crippen molar-refractivity contribution >= 4 is 31.6 Å². The molecular weight excluding hydrogens is 340 g/mol. The number of nitrogens with zero attached hydrogens (tertiary/aromatic N) is 2. The van der Waals surface area contributed by atoms with Crippen molar-refractivity contribution in [1.29, 1.82) is 0 Å². The van der Waals surface area contributed by atoms with Crippen molar-refractivity contribution in [3.05, 3.63) is 58.3 Å². The monoisotopic (exact) mass is 354 g/mol. The molecule has 0 bridgehead atoms. The SMILES string of the molecule is Cc1ncc(Br)cc1CS(=O)(=O)N(C)c1ccccc1. The summed E-state index contributed by atoms with van der Waals surface area (Å²) in [6.07, 6.45) is 1.66. The molecule has 0 radical (unpaired) electrons. The number of pyridine rings is 1. The van der Waals surface area contributed by atoms with Gasteiger partial charge < -0.3 is 0 Å². The fourth-order valence-electron chi connectivity index (χ4n) is 1.79. The van der Waals surface area contributed by atoms with Gasteiger partial charge in [-0.1, -0.05) is 18.2 Å². The molecule has 2 rings (SSSR count). The fraction of sp³-hybridized carbons (Fsp3) is 0.214. The van der Waals surface area contributed by atoms with Gasteiger partial charge in [-0.2, -0.15) is 0 Å².